The van der Waals surface area contributed by atoms with Gasteiger partial charge in [0.25, 0.3) is 0 Å². The van der Waals surface area contributed by atoms with E-state index in [9.17, 15) is 0 Å². The van der Waals surface area contributed by atoms with Gasteiger partial charge in [-0.1, -0.05) is 24.8 Å². The lowest BCUT2D eigenvalue weighted by Gasteiger charge is -1.93. The predicted molar refractivity (Wildman–Crippen MR) is 54.2 cm³/mol. The van der Waals surface area contributed by atoms with Crippen molar-refractivity contribution in [2.45, 2.75) is 6.92 Å². The third-order valence-electron chi connectivity index (χ3n) is 2.14. The molecule has 1 heterocycles. The summed E-state index contributed by atoms with van der Waals surface area (Å²) in [5.74, 6) is 0.696. The number of hydrogen-bond donors (Lipinski definition) is 1. The highest BCUT2D eigenvalue weighted by Gasteiger charge is 2.09. The molecule has 2 aromatic rings. The summed E-state index contributed by atoms with van der Waals surface area (Å²) in [7, 11) is 0. The van der Waals surface area contributed by atoms with Crippen molar-refractivity contribution >= 4 is 16.7 Å². The van der Waals surface area contributed by atoms with Gasteiger partial charge in [0.1, 0.15) is 5.58 Å². The molecular formula is C11H11NO. The molecule has 0 bridgehead atoms. The minimum atomic E-state index is 0.480. The first-order valence-electron chi connectivity index (χ1n) is 4.13. The Kier molecular flexibility index (Phi) is 1.62. The van der Waals surface area contributed by atoms with Gasteiger partial charge in [-0.15, -0.1) is 0 Å². The van der Waals surface area contributed by atoms with Crippen LogP contribution in [0.1, 0.15) is 11.3 Å². The topological polar surface area (TPSA) is 39.2 Å². The molecule has 0 unspecified atom stereocenters. The third-order valence-corrected chi connectivity index (χ3v) is 2.14. The molecule has 0 spiro atoms. The standard InChI is InChI=1S/C11H11NO/c1-7-9-5-3-4-6-10(9)13-11(7)8(2)12/h3-6H,2,12H2,1H3. The first-order chi connectivity index (χ1) is 6.20. The van der Waals surface area contributed by atoms with Crippen molar-refractivity contribution in [3.05, 3.63) is 42.2 Å². The number of para-hydroxylation sites is 1. The Labute approximate surface area is 76.7 Å². The Morgan fingerprint density at radius 2 is 2.08 bits per heavy atom. The summed E-state index contributed by atoms with van der Waals surface area (Å²) in [6.07, 6.45) is 0. The van der Waals surface area contributed by atoms with E-state index in [0.29, 0.717) is 11.5 Å². The summed E-state index contributed by atoms with van der Waals surface area (Å²) in [5, 5.41) is 1.10. The fourth-order valence-electron chi connectivity index (χ4n) is 1.48. The SMILES string of the molecule is C=C(N)c1oc2ccccc2c1C. The average Bonchev–Trinajstić information content (AvgIpc) is 2.45. The largest absolute Gasteiger partial charge is 0.454 e. The molecule has 2 rings (SSSR count). The fraction of sp³-hybridized carbons (Fsp3) is 0.0909. The molecule has 2 heteroatoms. The van der Waals surface area contributed by atoms with E-state index < -0.39 is 0 Å². The summed E-state index contributed by atoms with van der Waals surface area (Å²) in [6.45, 7) is 5.65. The van der Waals surface area contributed by atoms with Crippen molar-refractivity contribution in [3.8, 4) is 0 Å². The minimum Gasteiger partial charge on any atom is -0.454 e. The van der Waals surface area contributed by atoms with Crippen LogP contribution in [0.25, 0.3) is 16.7 Å². The summed E-state index contributed by atoms with van der Waals surface area (Å²) in [5.41, 5.74) is 7.99. The number of benzene rings is 1. The minimum absolute atomic E-state index is 0.480. The van der Waals surface area contributed by atoms with Crippen LogP contribution in [0.3, 0.4) is 0 Å². The quantitative estimate of drug-likeness (QED) is 0.720. The molecule has 0 radical (unpaired) electrons. The summed E-state index contributed by atoms with van der Waals surface area (Å²) < 4.78 is 5.54. The van der Waals surface area contributed by atoms with Gasteiger partial charge in [-0.3, -0.25) is 0 Å². The molecule has 0 atom stereocenters. The molecular weight excluding hydrogens is 162 g/mol. The van der Waals surface area contributed by atoms with Gasteiger partial charge in [0.15, 0.2) is 5.76 Å². The molecule has 0 fully saturated rings. The highest BCUT2D eigenvalue weighted by atomic mass is 16.3. The highest BCUT2D eigenvalue weighted by molar-refractivity contribution is 5.85. The maximum Gasteiger partial charge on any atom is 0.153 e. The zero-order chi connectivity index (χ0) is 9.42. The molecule has 0 saturated carbocycles. The van der Waals surface area contributed by atoms with Gasteiger partial charge in [0.05, 0.1) is 5.70 Å². The molecule has 1 aromatic carbocycles. The Hall–Kier alpha value is -1.70. The maximum absolute atomic E-state index is 5.59. The monoisotopic (exact) mass is 173 g/mol. The third kappa shape index (κ3) is 1.11. The van der Waals surface area contributed by atoms with Crippen LogP contribution in [0, 0.1) is 6.92 Å². The van der Waals surface area contributed by atoms with Crippen LogP contribution in [0.4, 0.5) is 0 Å². The van der Waals surface area contributed by atoms with Gasteiger partial charge < -0.3 is 10.2 Å². The Balaban J connectivity index is 2.81. The molecule has 2 nitrogen and oxygen atoms in total. The molecule has 0 aliphatic heterocycles. The maximum atomic E-state index is 5.59. The number of fused-ring (bicyclic) bond motifs is 1. The van der Waals surface area contributed by atoms with Crippen molar-refractivity contribution < 1.29 is 4.42 Å². The Bertz CT molecular complexity index is 468. The number of nitrogens with two attached hydrogens (primary N) is 1. The summed E-state index contributed by atoms with van der Waals surface area (Å²) in [4.78, 5) is 0. The highest BCUT2D eigenvalue weighted by Crippen LogP contribution is 2.26. The van der Waals surface area contributed by atoms with Gasteiger partial charge in [-0.2, -0.15) is 0 Å². The van der Waals surface area contributed by atoms with E-state index in [0.717, 1.165) is 16.5 Å². The first-order valence-corrected chi connectivity index (χ1v) is 4.13. The van der Waals surface area contributed by atoms with Gasteiger partial charge >= 0.3 is 0 Å². The van der Waals surface area contributed by atoms with Crippen LogP contribution in [0.15, 0.2) is 35.3 Å². The van der Waals surface area contributed by atoms with Crippen LogP contribution in [0.2, 0.25) is 0 Å². The van der Waals surface area contributed by atoms with Crippen molar-refractivity contribution in [3.63, 3.8) is 0 Å². The molecule has 0 aliphatic rings. The molecule has 2 N–H and O–H groups in total. The molecule has 1 aromatic heterocycles. The normalized spacial score (nSPS) is 10.5. The molecule has 0 aliphatic carbocycles. The molecule has 13 heavy (non-hydrogen) atoms. The van der Waals surface area contributed by atoms with E-state index in [2.05, 4.69) is 6.58 Å². The number of aryl methyl sites for hydroxylation is 1. The summed E-state index contributed by atoms with van der Waals surface area (Å²) >= 11 is 0. The predicted octanol–water partition coefficient (Wildman–Crippen LogP) is 2.67. The molecule has 66 valence electrons. The summed E-state index contributed by atoms with van der Waals surface area (Å²) in [6, 6.07) is 7.86. The Morgan fingerprint density at radius 3 is 2.69 bits per heavy atom. The number of hydrogen-bond acceptors (Lipinski definition) is 2. The Morgan fingerprint density at radius 1 is 1.38 bits per heavy atom. The fourth-order valence-corrected chi connectivity index (χ4v) is 1.48. The second-order valence-electron chi connectivity index (χ2n) is 3.08. The van der Waals surface area contributed by atoms with Crippen LogP contribution >= 0.6 is 0 Å². The van der Waals surface area contributed by atoms with Gasteiger partial charge in [-0.05, 0) is 13.0 Å². The number of rotatable bonds is 1. The first kappa shape index (κ1) is 7.92. The number of furan rings is 1. The lowest BCUT2D eigenvalue weighted by molar-refractivity contribution is 0.595. The van der Waals surface area contributed by atoms with Gasteiger partial charge in [0, 0.05) is 10.9 Å². The van der Waals surface area contributed by atoms with Crippen molar-refractivity contribution in [1.82, 2.24) is 0 Å². The van der Waals surface area contributed by atoms with E-state index in [1.165, 1.54) is 0 Å². The zero-order valence-electron chi connectivity index (χ0n) is 7.50. The average molecular weight is 173 g/mol. The van der Waals surface area contributed by atoms with Crippen LogP contribution in [-0.4, -0.2) is 0 Å². The van der Waals surface area contributed by atoms with Gasteiger partial charge in [0.2, 0.25) is 0 Å². The second kappa shape index (κ2) is 2.66. The zero-order valence-corrected chi connectivity index (χ0v) is 7.50. The van der Waals surface area contributed by atoms with E-state index >= 15 is 0 Å². The van der Waals surface area contributed by atoms with Crippen molar-refractivity contribution in [2.75, 3.05) is 0 Å². The van der Waals surface area contributed by atoms with Gasteiger partial charge in [-0.25, -0.2) is 0 Å². The van der Waals surface area contributed by atoms with Crippen molar-refractivity contribution in [1.29, 1.82) is 0 Å². The van der Waals surface area contributed by atoms with Crippen LogP contribution in [-0.2, 0) is 0 Å². The molecule has 0 amide bonds. The second-order valence-corrected chi connectivity index (χ2v) is 3.08. The van der Waals surface area contributed by atoms with Crippen LogP contribution < -0.4 is 5.73 Å². The van der Waals surface area contributed by atoms with E-state index in [1.807, 2.05) is 31.2 Å². The lowest BCUT2D eigenvalue weighted by Crippen LogP contribution is -1.92. The van der Waals surface area contributed by atoms with E-state index in [-0.39, 0.29) is 0 Å². The lowest BCUT2D eigenvalue weighted by atomic mass is 10.1. The smallest absolute Gasteiger partial charge is 0.153 e. The van der Waals surface area contributed by atoms with Crippen molar-refractivity contribution in [2.24, 2.45) is 5.73 Å². The van der Waals surface area contributed by atoms with E-state index in [1.54, 1.807) is 0 Å². The molecule has 0 saturated heterocycles. The van der Waals surface area contributed by atoms with Crippen LogP contribution in [0.5, 0.6) is 0 Å². The van der Waals surface area contributed by atoms with E-state index in [4.69, 9.17) is 10.2 Å².